The highest BCUT2D eigenvalue weighted by atomic mass is 31.2. The molecule has 0 aliphatic carbocycles. The van der Waals surface area contributed by atoms with E-state index in [1.165, 1.54) is 28.8 Å². The topological polar surface area (TPSA) is 331 Å². The molecule has 2 aliphatic rings. The van der Waals surface area contributed by atoms with Gasteiger partial charge < -0.3 is 45.5 Å². The first-order valence-corrected chi connectivity index (χ1v) is 18.0. The number of carbonyl (C=O) groups is 2. The molecule has 56 heavy (non-hydrogen) atoms. The average Bonchev–Trinajstić information content (AvgIpc) is 3.84. The minimum absolute atomic E-state index is 0.0743. The quantitative estimate of drug-likeness (QED) is 0.0654. The number of fused-ring (bicyclic) bond motifs is 1. The van der Waals surface area contributed by atoms with E-state index in [9.17, 15) is 38.8 Å². The lowest BCUT2D eigenvalue weighted by atomic mass is 10.1. The Labute approximate surface area is 313 Å². The van der Waals surface area contributed by atoms with Gasteiger partial charge in [0.25, 0.3) is 5.56 Å². The number of hydrogen-bond donors (Lipinski definition) is 6. The zero-order valence-electron chi connectivity index (χ0n) is 28.6. The molecule has 7 rings (SSSR count). The number of aromatic amines is 1. The van der Waals surface area contributed by atoms with Crippen LogP contribution in [0.5, 0.6) is 0 Å². The molecule has 24 heteroatoms. The van der Waals surface area contributed by atoms with Gasteiger partial charge in [-0.05, 0) is 24.3 Å². The summed E-state index contributed by atoms with van der Waals surface area (Å²) in [6.45, 7) is -1.76. The summed E-state index contributed by atoms with van der Waals surface area (Å²) in [7, 11) is -5.30. The van der Waals surface area contributed by atoms with Gasteiger partial charge in [-0.2, -0.15) is 9.97 Å². The van der Waals surface area contributed by atoms with Crippen molar-refractivity contribution in [1.29, 1.82) is 0 Å². The van der Waals surface area contributed by atoms with Crippen LogP contribution >= 0.6 is 7.82 Å². The number of nitrogen functional groups attached to an aromatic ring is 2. The van der Waals surface area contributed by atoms with E-state index in [4.69, 9.17) is 39.5 Å². The van der Waals surface area contributed by atoms with E-state index in [-0.39, 0.29) is 34.2 Å². The first-order chi connectivity index (χ1) is 26.8. The van der Waals surface area contributed by atoms with Gasteiger partial charge in [0.15, 0.2) is 35.8 Å². The summed E-state index contributed by atoms with van der Waals surface area (Å²) in [5, 5.41) is 21.6. The largest absolute Gasteiger partial charge is 0.472 e. The Morgan fingerprint density at radius 2 is 1.43 bits per heavy atom. The Balaban J connectivity index is 1.14. The molecule has 2 aromatic carbocycles. The van der Waals surface area contributed by atoms with Gasteiger partial charge >= 0.3 is 25.5 Å². The summed E-state index contributed by atoms with van der Waals surface area (Å²) in [5.74, 6) is -2.49. The summed E-state index contributed by atoms with van der Waals surface area (Å²) >= 11 is 0. The van der Waals surface area contributed by atoms with Crippen molar-refractivity contribution in [2.75, 3.05) is 24.7 Å². The van der Waals surface area contributed by atoms with Crippen LogP contribution in [0.2, 0.25) is 0 Å². The Kier molecular flexibility index (Phi) is 10.7. The minimum atomic E-state index is -5.30. The Morgan fingerprint density at radius 1 is 0.839 bits per heavy atom. The molecule has 2 aliphatic heterocycles. The molecule has 2 saturated heterocycles. The third-order valence-electron chi connectivity index (χ3n) is 8.68. The normalized spacial score (nSPS) is 25.8. The highest BCUT2D eigenvalue weighted by molar-refractivity contribution is 7.47. The smallest absolute Gasteiger partial charge is 0.451 e. The van der Waals surface area contributed by atoms with Crippen LogP contribution in [-0.2, 0) is 32.6 Å². The van der Waals surface area contributed by atoms with Crippen molar-refractivity contribution < 1.29 is 57.3 Å². The maximum atomic E-state index is 13.6. The Hall–Kier alpha value is -5.91. The second-order valence-electron chi connectivity index (χ2n) is 12.3. The van der Waals surface area contributed by atoms with Crippen LogP contribution in [0.3, 0.4) is 0 Å². The van der Waals surface area contributed by atoms with E-state index in [2.05, 4.69) is 24.9 Å². The van der Waals surface area contributed by atoms with Gasteiger partial charge in [-0.1, -0.05) is 36.4 Å². The molecule has 0 radical (unpaired) electrons. The summed E-state index contributed by atoms with van der Waals surface area (Å²) in [5.41, 5.74) is 9.45. The number of imidazole rings is 1. The van der Waals surface area contributed by atoms with Gasteiger partial charge in [0, 0.05) is 0 Å². The number of benzene rings is 2. The van der Waals surface area contributed by atoms with Gasteiger partial charge in [0.2, 0.25) is 11.9 Å². The molecule has 0 amide bonds. The van der Waals surface area contributed by atoms with Crippen LogP contribution in [0.15, 0.2) is 82.9 Å². The molecule has 8 N–H and O–H groups in total. The second kappa shape index (κ2) is 15.7. The van der Waals surface area contributed by atoms with Crippen molar-refractivity contribution in [3.8, 4) is 0 Å². The summed E-state index contributed by atoms with van der Waals surface area (Å²) in [6, 6.07) is 15.4. The first-order valence-electron chi connectivity index (χ1n) is 16.5. The highest BCUT2D eigenvalue weighted by Crippen LogP contribution is 2.50. The average molecular weight is 798 g/mol. The number of H-pyrrole nitrogens is 1. The second-order valence-corrected chi connectivity index (χ2v) is 13.7. The monoisotopic (exact) mass is 797 g/mol. The van der Waals surface area contributed by atoms with Gasteiger partial charge in [-0.15, -0.1) is 0 Å². The maximum absolute atomic E-state index is 13.6. The summed E-state index contributed by atoms with van der Waals surface area (Å²) in [4.78, 5) is 80.2. The van der Waals surface area contributed by atoms with E-state index in [0.717, 1.165) is 17.2 Å². The molecule has 294 valence electrons. The van der Waals surface area contributed by atoms with Gasteiger partial charge in [-0.25, -0.2) is 28.9 Å². The molecule has 9 atom stereocenters. The maximum Gasteiger partial charge on any atom is 0.472 e. The number of anilines is 2. The van der Waals surface area contributed by atoms with Crippen LogP contribution in [0.25, 0.3) is 11.2 Å². The molecular weight excluding hydrogens is 765 g/mol. The number of rotatable bonds is 12. The molecule has 0 spiro atoms. The lowest BCUT2D eigenvalue weighted by molar-refractivity contribution is -0.0645. The SMILES string of the molecule is Nc1ncn([C@@H]2O[C@H](COP(=O)(O)OC3C(OC(=O)c4ccccc4)[C@H](n4cnc5c(=O)[nH]c(N)nc54)O[C@@H]3CO)C(O)C2OC(=O)c2ccccc2)c(=O)n1. The molecule has 2 fully saturated rings. The molecule has 5 heterocycles. The van der Waals surface area contributed by atoms with Crippen molar-refractivity contribution in [1.82, 2.24) is 34.1 Å². The third kappa shape index (κ3) is 7.78. The summed E-state index contributed by atoms with van der Waals surface area (Å²) in [6.07, 6.45) is -10.7. The fraction of sp³-hybridized carbons (Fsp3) is 0.312. The fourth-order valence-electron chi connectivity index (χ4n) is 6.08. The predicted molar refractivity (Wildman–Crippen MR) is 186 cm³/mol. The number of phosphoric acid groups is 1. The molecule has 23 nitrogen and oxygen atoms in total. The van der Waals surface area contributed by atoms with Crippen molar-refractivity contribution in [3.63, 3.8) is 0 Å². The zero-order valence-corrected chi connectivity index (χ0v) is 29.5. The Morgan fingerprint density at radius 3 is 2.05 bits per heavy atom. The van der Waals surface area contributed by atoms with Crippen LogP contribution in [0, 0.1) is 0 Å². The number of nitrogens with one attached hydrogen (secondary N) is 1. The number of aliphatic hydroxyl groups excluding tert-OH is 2. The molecule has 5 aromatic rings. The number of nitrogens with two attached hydrogens (primary N) is 2. The van der Waals surface area contributed by atoms with Crippen LogP contribution in [0.1, 0.15) is 33.2 Å². The van der Waals surface area contributed by atoms with Crippen LogP contribution in [0.4, 0.5) is 11.9 Å². The van der Waals surface area contributed by atoms with Crippen LogP contribution in [-0.4, -0.2) is 111 Å². The number of phosphoric ester groups is 1. The number of aliphatic hydroxyl groups is 2. The van der Waals surface area contributed by atoms with Crippen molar-refractivity contribution in [2.24, 2.45) is 0 Å². The zero-order chi connectivity index (χ0) is 39.7. The van der Waals surface area contributed by atoms with Gasteiger partial charge in [0.1, 0.15) is 30.7 Å². The number of aromatic nitrogens is 7. The van der Waals surface area contributed by atoms with E-state index < -0.39 is 93.3 Å². The van der Waals surface area contributed by atoms with Crippen molar-refractivity contribution in [3.05, 3.63) is 105 Å². The lowest BCUT2D eigenvalue weighted by Gasteiger charge is -2.26. The van der Waals surface area contributed by atoms with E-state index in [0.29, 0.717) is 0 Å². The van der Waals surface area contributed by atoms with E-state index in [1.807, 2.05) is 0 Å². The summed E-state index contributed by atoms with van der Waals surface area (Å²) < 4.78 is 49.3. The Bertz CT molecular complexity index is 2400. The number of esters is 2. The number of hydrogen-bond acceptors (Lipinski definition) is 19. The predicted octanol–water partition coefficient (Wildman–Crippen LogP) is -0.963. The molecule has 0 bridgehead atoms. The van der Waals surface area contributed by atoms with Crippen molar-refractivity contribution in [2.45, 2.75) is 49.1 Å². The standard InChI is InChI=1S/C32H32N9O14P/c33-30-36-14-41(32(47)39-30)26-22(53-28(45)15-7-3-1-4-8-15)20(43)18(52-26)12-50-56(48,49)55-21-17(11-42)51-27(23(21)54-29(46)16-9-5-2-6-10-16)40-13-35-19-24(40)37-31(34)38-25(19)44/h1-10,13-14,17-18,20-23,26-27,42-43H,11-12H2,(H,48,49)(H2,33,39,47)(H3,34,37,38,44)/t17-,18-,20?,21?,22?,23?,26-,27-/m1/s1. The van der Waals surface area contributed by atoms with Gasteiger partial charge in [-0.3, -0.25) is 28.0 Å². The highest BCUT2D eigenvalue weighted by Gasteiger charge is 2.53. The number of ether oxygens (including phenoxy) is 4. The number of carbonyl (C=O) groups excluding carboxylic acids is 2. The van der Waals surface area contributed by atoms with Crippen molar-refractivity contribution >= 4 is 42.8 Å². The minimum Gasteiger partial charge on any atom is -0.451 e. The third-order valence-corrected chi connectivity index (χ3v) is 9.67. The molecule has 5 unspecified atom stereocenters. The van der Waals surface area contributed by atoms with Crippen LogP contribution < -0.4 is 22.7 Å². The molecular formula is C32H32N9O14P. The van der Waals surface area contributed by atoms with Gasteiger partial charge in [0.05, 0.1) is 30.7 Å². The molecule has 3 aromatic heterocycles. The first kappa shape index (κ1) is 38.4. The number of nitrogens with zero attached hydrogens (tertiary/aromatic N) is 6. The molecule has 0 saturated carbocycles. The fourth-order valence-corrected chi connectivity index (χ4v) is 7.04. The van der Waals surface area contributed by atoms with E-state index in [1.54, 1.807) is 36.4 Å². The lowest BCUT2D eigenvalue weighted by Crippen LogP contribution is -2.40. The van der Waals surface area contributed by atoms with E-state index >= 15 is 0 Å².